The average Bonchev–Trinajstić information content (AvgIpc) is 2.33. The maximum absolute atomic E-state index is 13.0. The van der Waals surface area contributed by atoms with E-state index in [1.807, 2.05) is 6.92 Å². The Bertz CT molecular complexity index is 380. The highest BCUT2D eigenvalue weighted by Crippen LogP contribution is 2.33. The van der Waals surface area contributed by atoms with Crippen LogP contribution >= 0.6 is 15.9 Å². The van der Waals surface area contributed by atoms with E-state index in [0.717, 1.165) is 6.42 Å². The largest absolute Gasteiger partial charge is 0.407 e. The number of halogens is 4. The van der Waals surface area contributed by atoms with E-state index in [0.29, 0.717) is 17.3 Å². The average molecular weight is 340 g/mol. The van der Waals surface area contributed by atoms with Crippen molar-refractivity contribution in [2.45, 2.75) is 44.6 Å². The fraction of sp³-hybridized carbons (Fsp3) is 0.538. The first-order valence-corrected chi connectivity index (χ1v) is 6.90. The maximum Gasteiger partial charge on any atom is 0.407 e. The third kappa shape index (κ3) is 5.50. The molecular formula is C13H17BrF3NO. The molecule has 108 valence electrons. The number of benzene rings is 1. The van der Waals surface area contributed by atoms with E-state index in [-0.39, 0.29) is 5.56 Å². The lowest BCUT2D eigenvalue weighted by Crippen LogP contribution is -2.40. The molecule has 0 spiro atoms. The Hall–Kier alpha value is -0.590. The second-order valence-electron chi connectivity index (χ2n) is 4.35. The van der Waals surface area contributed by atoms with E-state index in [1.165, 1.54) is 12.1 Å². The molecule has 2 unspecified atom stereocenters. The topological polar surface area (TPSA) is 32.3 Å². The van der Waals surface area contributed by atoms with Crippen molar-refractivity contribution in [1.29, 1.82) is 0 Å². The molecule has 0 bridgehead atoms. The van der Waals surface area contributed by atoms with Crippen molar-refractivity contribution in [2.24, 2.45) is 0 Å². The maximum atomic E-state index is 13.0. The first kappa shape index (κ1) is 16.5. The third-order valence-corrected chi connectivity index (χ3v) is 3.25. The van der Waals surface area contributed by atoms with Crippen molar-refractivity contribution in [3.05, 3.63) is 34.3 Å². The highest BCUT2D eigenvalue weighted by Gasteiger charge is 2.41. The molecule has 0 saturated heterocycles. The highest BCUT2D eigenvalue weighted by atomic mass is 79.9. The Kier molecular flexibility index (Phi) is 6.29. The van der Waals surface area contributed by atoms with Gasteiger partial charge >= 0.3 is 6.18 Å². The molecular weight excluding hydrogens is 323 g/mol. The molecule has 0 aliphatic heterocycles. The van der Waals surface area contributed by atoms with Gasteiger partial charge in [-0.1, -0.05) is 41.4 Å². The van der Waals surface area contributed by atoms with E-state index in [2.05, 4.69) is 21.2 Å². The van der Waals surface area contributed by atoms with Gasteiger partial charge in [0.15, 0.2) is 0 Å². The zero-order valence-corrected chi connectivity index (χ0v) is 12.1. The highest BCUT2D eigenvalue weighted by molar-refractivity contribution is 9.10. The molecule has 0 saturated carbocycles. The lowest BCUT2D eigenvalue weighted by molar-refractivity contribution is -0.165. The summed E-state index contributed by atoms with van der Waals surface area (Å²) in [6, 6.07) is 4.03. The SMILES string of the molecule is CCCCC(O)NC(c1ccc(Br)cc1)C(F)(F)F. The summed E-state index contributed by atoms with van der Waals surface area (Å²) in [4.78, 5) is 0. The Morgan fingerprint density at radius 3 is 2.32 bits per heavy atom. The third-order valence-electron chi connectivity index (χ3n) is 2.72. The number of alkyl halides is 3. The lowest BCUT2D eigenvalue weighted by Gasteiger charge is -2.25. The molecule has 0 amide bonds. The van der Waals surface area contributed by atoms with Crippen molar-refractivity contribution < 1.29 is 18.3 Å². The van der Waals surface area contributed by atoms with Gasteiger partial charge in [-0.3, -0.25) is 5.32 Å². The van der Waals surface area contributed by atoms with E-state index in [1.54, 1.807) is 12.1 Å². The Morgan fingerprint density at radius 1 is 1.26 bits per heavy atom. The molecule has 1 rings (SSSR count). The summed E-state index contributed by atoms with van der Waals surface area (Å²) < 4.78 is 39.7. The molecule has 0 fully saturated rings. The first-order valence-electron chi connectivity index (χ1n) is 6.11. The van der Waals surface area contributed by atoms with Gasteiger partial charge in [-0.2, -0.15) is 13.2 Å². The molecule has 0 aromatic heterocycles. The molecule has 0 heterocycles. The lowest BCUT2D eigenvalue weighted by atomic mass is 10.1. The summed E-state index contributed by atoms with van der Waals surface area (Å²) >= 11 is 3.18. The van der Waals surface area contributed by atoms with Crippen LogP contribution in [0.2, 0.25) is 0 Å². The van der Waals surface area contributed by atoms with Crippen LogP contribution in [-0.4, -0.2) is 17.5 Å². The van der Waals surface area contributed by atoms with Crippen molar-refractivity contribution in [2.75, 3.05) is 0 Å². The Morgan fingerprint density at radius 2 is 1.84 bits per heavy atom. The van der Waals surface area contributed by atoms with Crippen LogP contribution in [0.4, 0.5) is 13.2 Å². The fourth-order valence-electron chi connectivity index (χ4n) is 1.71. The number of hydrogen-bond donors (Lipinski definition) is 2. The van der Waals surface area contributed by atoms with E-state index in [4.69, 9.17) is 0 Å². The number of unbranched alkanes of at least 4 members (excludes halogenated alkanes) is 1. The van der Waals surface area contributed by atoms with E-state index < -0.39 is 18.4 Å². The van der Waals surface area contributed by atoms with Crippen LogP contribution in [0.25, 0.3) is 0 Å². The predicted octanol–water partition coefficient (Wildman–Crippen LogP) is 4.15. The van der Waals surface area contributed by atoms with Crippen LogP contribution in [0, 0.1) is 0 Å². The zero-order valence-electron chi connectivity index (χ0n) is 10.5. The van der Waals surface area contributed by atoms with Crippen LogP contribution in [0.3, 0.4) is 0 Å². The van der Waals surface area contributed by atoms with Crippen molar-refractivity contribution in [3.63, 3.8) is 0 Å². The molecule has 2 nitrogen and oxygen atoms in total. The molecule has 19 heavy (non-hydrogen) atoms. The summed E-state index contributed by atoms with van der Waals surface area (Å²) in [6.07, 6.45) is -3.79. The molecule has 2 N–H and O–H groups in total. The van der Waals surface area contributed by atoms with Crippen LogP contribution in [0.5, 0.6) is 0 Å². The number of hydrogen-bond acceptors (Lipinski definition) is 2. The fourth-order valence-corrected chi connectivity index (χ4v) is 1.97. The molecule has 2 atom stereocenters. The van der Waals surface area contributed by atoms with Crippen LogP contribution in [0.1, 0.15) is 37.8 Å². The van der Waals surface area contributed by atoms with Gasteiger partial charge in [0.05, 0.1) is 0 Å². The number of aliphatic hydroxyl groups excluding tert-OH is 1. The van der Waals surface area contributed by atoms with E-state index in [9.17, 15) is 18.3 Å². The number of aliphatic hydroxyl groups is 1. The standard InChI is InChI=1S/C13H17BrF3NO/c1-2-3-4-11(19)18-12(13(15,16)17)9-5-7-10(14)8-6-9/h5-8,11-12,18-19H,2-4H2,1H3. The quantitative estimate of drug-likeness (QED) is 0.763. The molecule has 0 radical (unpaired) electrons. The van der Waals surface area contributed by atoms with Gasteiger partial charge in [-0.05, 0) is 30.5 Å². The molecule has 1 aromatic carbocycles. The minimum Gasteiger partial charge on any atom is -0.379 e. The first-order chi connectivity index (χ1) is 8.84. The van der Waals surface area contributed by atoms with Crippen LogP contribution in [0.15, 0.2) is 28.7 Å². The summed E-state index contributed by atoms with van der Waals surface area (Å²) in [5.74, 6) is 0. The smallest absolute Gasteiger partial charge is 0.379 e. The Balaban J connectivity index is 2.81. The summed E-state index contributed by atoms with van der Waals surface area (Å²) in [6.45, 7) is 1.92. The summed E-state index contributed by atoms with van der Waals surface area (Å²) in [5, 5.41) is 11.9. The number of nitrogens with one attached hydrogen (secondary N) is 1. The molecule has 6 heteroatoms. The van der Waals surface area contributed by atoms with Gasteiger partial charge in [0.2, 0.25) is 0 Å². The monoisotopic (exact) mass is 339 g/mol. The summed E-state index contributed by atoms with van der Waals surface area (Å²) in [5.41, 5.74) is 0.0891. The molecule has 0 aliphatic rings. The van der Waals surface area contributed by atoms with Gasteiger partial charge in [0, 0.05) is 4.47 Å². The van der Waals surface area contributed by atoms with E-state index >= 15 is 0 Å². The van der Waals surface area contributed by atoms with Gasteiger partial charge in [0.25, 0.3) is 0 Å². The minimum absolute atomic E-state index is 0.0891. The molecule has 1 aromatic rings. The minimum atomic E-state index is -4.44. The second kappa shape index (κ2) is 7.26. The van der Waals surface area contributed by atoms with Crippen LogP contribution < -0.4 is 5.32 Å². The van der Waals surface area contributed by atoms with Gasteiger partial charge in [-0.25, -0.2) is 0 Å². The molecule has 0 aliphatic carbocycles. The van der Waals surface area contributed by atoms with Crippen LogP contribution in [-0.2, 0) is 0 Å². The Labute approximate surface area is 119 Å². The zero-order chi connectivity index (χ0) is 14.5. The van der Waals surface area contributed by atoms with Gasteiger partial charge < -0.3 is 5.11 Å². The van der Waals surface area contributed by atoms with Gasteiger partial charge in [0.1, 0.15) is 12.3 Å². The van der Waals surface area contributed by atoms with Crippen molar-refractivity contribution in [3.8, 4) is 0 Å². The normalized spacial score (nSPS) is 15.3. The predicted molar refractivity (Wildman–Crippen MR) is 71.6 cm³/mol. The van der Waals surface area contributed by atoms with Gasteiger partial charge in [-0.15, -0.1) is 0 Å². The van der Waals surface area contributed by atoms with Crippen molar-refractivity contribution >= 4 is 15.9 Å². The summed E-state index contributed by atoms with van der Waals surface area (Å²) in [7, 11) is 0. The second-order valence-corrected chi connectivity index (χ2v) is 5.27. The van der Waals surface area contributed by atoms with Crippen molar-refractivity contribution in [1.82, 2.24) is 5.32 Å². The number of rotatable bonds is 6.